The van der Waals surface area contributed by atoms with Crippen molar-refractivity contribution in [3.05, 3.63) is 21.2 Å². The van der Waals surface area contributed by atoms with E-state index in [1.807, 2.05) is 12.3 Å². The molecule has 1 saturated carbocycles. The maximum Gasteiger partial charge on any atom is 0.236 e. The number of hydrogen-bond acceptors (Lipinski definition) is 5. The number of nitrogens with zero attached hydrogens (tertiary/aromatic N) is 2. The van der Waals surface area contributed by atoms with Crippen molar-refractivity contribution in [2.75, 3.05) is 5.32 Å². The van der Waals surface area contributed by atoms with Gasteiger partial charge in [0.1, 0.15) is 5.92 Å². The third kappa shape index (κ3) is 2.12. The standard InChI is InChI=1S/C8H9N3O3S/c1-4-3-15-8(9-4)10-7(12)5-2-6(5)11(13)14/h3,5-6H,2H2,1H3,(H,9,10,12)/t5-,6-/m0/s1. The molecule has 15 heavy (non-hydrogen) atoms. The molecule has 0 bridgehead atoms. The summed E-state index contributed by atoms with van der Waals surface area (Å²) in [6.45, 7) is 1.82. The van der Waals surface area contributed by atoms with E-state index in [2.05, 4.69) is 10.3 Å². The molecule has 1 aliphatic carbocycles. The highest BCUT2D eigenvalue weighted by Gasteiger charge is 2.53. The summed E-state index contributed by atoms with van der Waals surface area (Å²) in [4.78, 5) is 25.4. The summed E-state index contributed by atoms with van der Waals surface area (Å²) in [5, 5.41) is 15.2. The molecule has 1 fully saturated rings. The molecule has 6 nitrogen and oxygen atoms in total. The summed E-state index contributed by atoms with van der Waals surface area (Å²) in [7, 11) is 0. The van der Waals surface area contributed by atoms with Crippen LogP contribution >= 0.6 is 11.3 Å². The Morgan fingerprint density at radius 3 is 3.00 bits per heavy atom. The summed E-state index contributed by atoms with van der Waals surface area (Å²) in [6, 6.07) is -0.703. The number of amides is 1. The fourth-order valence-electron chi connectivity index (χ4n) is 1.31. The lowest BCUT2D eigenvalue weighted by atomic mass is 10.4. The van der Waals surface area contributed by atoms with Crippen LogP contribution in [0, 0.1) is 23.0 Å². The normalized spacial score (nSPS) is 23.5. The molecule has 2 atom stereocenters. The van der Waals surface area contributed by atoms with Gasteiger partial charge in [-0.25, -0.2) is 4.98 Å². The molecule has 1 heterocycles. The second-order valence-electron chi connectivity index (χ2n) is 3.48. The zero-order chi connectivity index (χ0) is 11.0. The van der Waals surface area contributed by atoms with E-state index in [4.69, 9.17) is 0 Å². The van der Waals surface area contributed by atoms with Gasteiger partial charge in [0.05, 0.1) is 5.69 Å². The maximum absolute atomic E-state index is 11.4. The highest BCUT2D eigenvalue weighted by Crippen LogP contribution is 2.34. The number of carbonyl (C=O) groups is 1. The Kier molecular flexibility index (Phi) is 2.39. The summed E-state index contributed by atoms with van der Waals surface area (Å²) >= 11 is 1.32. The predicted octanol–water partition coefficient (Wildman–Crippen LogP) is 1.06. The van der Waals surface area contributed by atoms with Crippen LogP contribution in [0.2, 0.25) is 0 Å². The molecule has 7 heteroatoms. The number of nitrogens with one attached hydrogen (secondary N) is 1. The minimum atomic E-state index is -0.703. The van der Waals surface area contributed by atoms with E-state index in [0.717, 1.165) is 5.69 Å². The zero-order valence-electron chi connectivity index (χ0n) is 7.97. The van der Waals surface area contributed by atoms with Crippen molar-refractivity contribution >= 4 is 22.4 Å². The number of aryl methyl sites for hydroxylation is 1. The largest absolute Gasteiger partial charge is 0.301 e. The topological polar surface area (TPSA) is 85.1 Å². The molecule has 2 rings (SSSR count). The average molecular weight is 227 g/mol. The van der Waals surface area contributed by atoms with Crippen molar-refractivity contribution < 1.29 is 9.72 Å². The van der Waals surface area contributed by atoms with Gasteiger partial charge in [-0.2, -0.15) is 0 Å². The second kappa shape index (κ2) is 3.58. The van der Waals surface area contributed by atoms with E-state index >= 15 is 0 Å². The number of anilines is 1. The lowest BCUT2D eigenvalue weighted by molar-refractivity contribution is -0.497. The summed E-state index contributed by atoms with van der Waals surface area (Å²) in [5.74, 6) is -0.782. The van der Waals surface area contributed by atoms with Gasteiger partial charge in [0.25, 0.3) is 0 Å². The molecular weight excluding hydrogens is 218 g/mol. The Labute approximate surface area is 89.5 Å². The lowest BCUT2D eigenvalue weighted by Gasteiger charge is -1.97. The van der Waals surface area contributed by atoms with Crippen LogP contribution in [-0.2, 0) is 4.79 Å². The number of hydrogen-bond donors (Lipinski definition) is 1. The van der Waals surface area contributed by atoms with Crippen molar-refractivity contribution in [1.29, 1.82) is 0 Å². The van der Waals surface area contributed by atoms with Crippen molar-refractivity contribution in [3.63, 3.8) is 0 Å². The monoisotopic (exact) mass is 227 g/mol. The number of rotatable bonds is 3. The molecule has 1 amide bonds. The van der Waals surface area contributed by atoms with Crippen LogP contribution in [0.15, 0.2) is 5.38 Å². The van der Waals surface area contributed by atoms with Crippen LogP contribution in [0.4, 0.5) is 5.13 Å². The molecule has 0 radical (unpaired) electrons. The second-order valence-corrected chi connectivity index (χ2v) is 4.34. The molecule has 1 aliphatic rings. The Balaban J connectivity index is 1.92. The molecule has 0 saturated heterocycles. The first-order valence-corrected chi connectivity index (χ1v) is 5.32. The zero-order valence-corrected chi connectivity index (χ0v) is 8.78. The highest BCUT2D eigenvalue weighted by molar-refractivity contribution is 7.13. The molecule has 80 valence electrons. The SMILES string of the molecule is Cc1csc(NC(=O)[C@H]2C[C@@H]2[N+](=O)[O-])n1. The number of nitro groups is 1. The average Bonchev–Trinajstić information content (AvgIpc) is 2.86. The first kappa shape index (κ1) is 10.0. The Morgan fingerprint density at radius 2 is 2.53 bits per heavy atom. The first-order valence-electron chi connectivity index (χ1n) is 4.44. The van der Waals surface area contributed by atoms with Gasteiger partial charge in [-0.15, -0.1) is 11.3 Å². The molecule has 0 aliphatic heterocycles. The fraction of sp³-hybridized carbons (Fsp3) is 0.500. The van der Waals surface area contributed by atoms with Crippen LogP contribution in [0.5, 0.6) is 0 Å². The van der Waals surface area contributed by atoms with Crippen molar-refractivity contribution in [3.8, 4) is 0 Å². The van der Waals surface area contributed by atoms with Gasteiger partial charge < -0.3 is 5.32 Å². The molecule has 0 unspecified atom stereocenters. The van der Waals surface area contributed by atoms with E-state index < -0.39 is 16.9 Å². The van der Waals surface area contributed by atoms with Gasteiger partial charge in [-0.05, 0) is 6.92 Å². The number of thiazole rings is 1. The molecular formula is C8H9N3O3S. The Morgan fingerprint density at radius 1 is 1.80 bits per heavy atom. The van der Waals surface area contributed by atoms with Crippen LogP contribution < -0.4 is 5.32 Å². The van der Waals surface area contributed by atoms with E-state index in [9.17, 15) is 14.9 Å². The minimum Gasteiger partial charge on any atom is -0.301 e. The molecule has 1 N–H and O–H groups in total. The van der Waals surface area contributed by atoms with Gasteiger partial charge in [-0.1, -0.05) is 0 Å². The fourth-order valence-corrected chi connectivity index (χ4v) is 2.00. The van der Waals surface area contributed by atoms with Crippen molar-refractivity contribution in [2.24, 2.45) is 5.92 Å². The summed E-state index contributed by atoms with van der Waals surface area (Å²) in [6.07, 6.45) is 0.336. The van der Waals surface area contributed by atoms with Crippen LogP contribution in [-0.4, -0.2) is 21.9 Å². The number of carbonyl (C=O) groups excluding carboxylic acids is 1. The molecule has 1 aromatic rings. The van der Waals surface area contributed by atoms with Gasteiger partial charge in [0.2, 0.25) is 11.9 Å². The van der Waals surface area contributed by atoms with Crippen LogP contribution in [0.25, 0.3) is 0 Å². The van der Waals surface area contributed by atoms with E-state index in [1.165, 1.54) is 11.3 Å². The van der Waals surface area contributed by atoms with E-state index in [0.29, 0.717) is 11.6 Å². The predicted molar refractivity (Wildman–Crippen MR) is 54.4 cm³/mol. The van der Waals surface area contributed by atoms with Gasteiger partial charge >= 0.3 is 0 Å². The summed E-state index contributed by atoms with van der Waals surface area (Å²) in [5.41, 5.74) is 0.830. The third-order valence-electron chi connectivity index (χ3n) is 2.21. The molecule has 1 aromatic heterocycles. The minimum absolute atomic E-state index is 0.300. The molecule has 0 spiro atoms. The van der Waals surface area contributed by atoms with Crippen LogP contribution in [0.1, 0.15) is 12.1 Å². The highest BCUT2D eigenvalue weighted by atomic mass is 32.1. The maximum atomic E-state index is 11.4. The quantitative estimate of drug-likeness (QED) is 0.618. The van der Waals surface area contributed by atoms with Crippen molar-refractivity contribution in [1.82, 2.24) is 4.98 Å². The third-order valence-corrected chi connectivity index (χ3v) is 3.09. The molecule has 0 aromatic carbocycles. The van der Waals surface area contributed by atoms with E-state index in [1.54, 1.807) is 0 Å². The smallest absolute Gasteiger partial charge is 0.236 e. The van der Waals surface area contributed by atoms with Gasteiger partial charge in [0, 0.05) is 16.7 Å². The first-order chi connectivity index (χ1) is 7.08. The lowest BCUT2D eigenvalue weighted by Crippen LogP contribution is -2.18. The Bertz CT molecular complexity index is 417. The van der Waals surface area contributed by atoms with Crippen LogP contribution in [0.3, 0.4) is 0 Å². The van der Waals surface area contributed by atoms with Crippen molar-refractivity contribution in [2.45, 2.75) is 19.4 Å². The van der Waals surface area contributed by atoms with E-state index in [-0.39, 0.29) is 5.91 Å². The summed E-state index contributed by atoms with van der Waals surface area (Å²) < 4.78 is 0. The van der Waals surface area contributed by atoms with Gasteiger partial charge in [-0.3, -0.25) is 14.9 Å². The van der Waals surface area contributed by atoms with Gasteiger partial charge in [0.15, 0.2) is 5.13 Å². The Hall–Kier alpha value is -1.50. The number of aromatic nitrogens is 1.